The molecule has 1 aromatic carbocycles. The molecule has 154 valence electrons. The molecule has 0 aliphatic carbocycles. The molecule has 0 saturated heterocycles. The molecule has 0 N–H and O–H groups in total. The summed E-state index contributed by atoms with van der Waals surface area (Å²) >= 11 is 0. The van der Waals surface area contributed by atoms with Crippen LogP contribution in [0.1, 0.15) is 72.1 Å². The Bertz CT molecular complexity index is 658. The maximum Gasteiger partial charge on any atom is 0.163 e. The SMILES string of the molecule is CCCCCCCCOc1cnc(-c2ccccc2OCC[C@@H](C)CC)nc1. The normalized spacial score (nSPS) is 12.0. The molecule has 28 heavy (non-hydrogen) atoms. The standard InChI is InChI=1S/C24H36N2O2/c1-4-6-7-8-9-12-16-27-21-18-25-24(26-19-21)22-13-10-11-14-23(22)28-17-15-20(3)5-2/h10-11,13-14,18-20H,4-9,12,15-17H2,1-3H3/t20-/m0/s1. The van der Waals surface area contributed by atoms with Gasteiger partial charge in [0, 0.05) is 0 Å². The van der Waals surface area contributed by atoms with Gasteiger partial charge >= 0.3 is 0 Å². The van der Waals surface area contributed by atoms with Crippen molar-refractivity contribution < 1.29 is 9.47 Å². The predicted molar refractivity (Wildman–Crippen MR) is 116 cm³/mol. The second kappa shape index (κ2) is 13.1. The molecule has 1 heterocycles. The maximum atomic E-state index is 6.00. The van der Waals surface area contributed by atoms with Gasteiger partial charge in [-0.1, -0.05) is 71.4 Å². The molecule has 0 radical (unpaired) electrons. The van der Waals surface area contributed by atoms with E-state index in [4.69, 9.17) is 9.47 Å². The first kappa shape index (κ1) is 22.2. The number of rotatable bonds is 14. The molecule has 0 bridgehead atoms. The number of hydrogen-bond donors (Lipinski definition) is 0. The van der Waals surface area contributed by atoms with Gasteiger partial charge in [0.2, 0.25) is 0 Å². The lowest BCUT2D eigenvalue weighted by atomic mass is 10.1. The van der Waals surface area contributed by atoms with Crippen molar-refractivity contribution in [2.75, 3.05) is 13.2 Å². The fourth-order valence-corrected chi connectivity index (χ4v) is 2.95. The molecule has 0 amide bonds. The molecular weight excluding hydrogens is 348 g/mol. The Hall–Kier alpha value is -2.10. The highest BCUT2D eigenvalue weighted by Crippen LogP contribution is 2.28. The molecule has 0 unspecified atom stereocenters. The van der Waals surface area contributed by atoms with Gasteiger partial charge in [0.1, 0.15) is 5.75 Å². The monoisotopic (exact) mass is 384 g/mol. The van der Waals surface area contributed by atoms with Crippen molar-refractivity contribution in [2.24, 2.45) is 5.92 Å². The Morgan fingerprint density at radius 3 is 2.32 bits per heavy atom. The van der Waals surface area contributed by atoms with Crippen molar-refractivity contribution in [3.05, 3.63) is 36.7 Å². The smallest absolute Gasteiger partial charge is 0.163 e. The van der Waals surface area contributed by atoms with Crippen molar-refractivity contribution >= 4 is 0 Å². The van der Waals surface area contributed by atoms with Gasteiger partial charge in [-0.3, -0.25) is 0 Å². The number of benzene rings is 1. The number of para-hydroxylation sites is 1. The van der Waals surface area contributed by atoms with Crippen molar-refractivity contribution in [3.8, 4) is 22.9 Å². The van der Waals surface area contributed by atoms with Gasteiger partial charge in [0.25, 0.3) is 0 Å². The highest BCUT2D eigenvalue weighted by atomic mass is 16.5. The van der Waals surface area contributed by atoms with Crippen molar-refractivity contribution in [1.29, 1.82) is 0 Å². The Morgan fingerprint density at radius 1 is 0.857 bits per heavy atom. The van der Waals surface area contributed by atoms with E-state index < -0.39 is 0 Å². The minimum absolute atomic E-state index is 0.672. The maximum absolute atomic E-state index is 6.00. The molecule has 0 aliphatic rings. The fourth-order valence-electron chi connectivity index (χ4n) is 2.95. The van der Waals surface area contributed by atoms with E-state index in [1.165, 1.54) is 38.5 Å². The molecule has 2 rings (SSSR count). The van der Waals surface area contributed by atoms with Crippen LogP contribution in [0.15, 0.2) is 36.7 Å². The van der Waals surface area contributed by atoms with E-state index in [2.05, 4.69) is 30.7 Å². The largest absolute Gasteiger partial charge is 0.493 e. The number of unbranched alkanes of at least 4 members (excludes halogenated alkanes) is 5. The first-order chi connectivity index (χ1) is 13.7. The quantitative estimate of drug-likeness (QED) is 0.340. The van der Waals surface area contributed by atoms with Gasteiger partial charge in [-0.15, -0.1) is 0 Å². The molecule has 1 aromatic heterocycles. The van der Waals surface area contributed by atoms with Crippen LogP contribution in [0.3, 0.4) is 0 Å². The van der Waals surface area contributed by atoms with Gasteiger partial charge in [-0.25, -0.2) is 9.97 Å². The summed E-state index contributed by atoms with van der Waals surface area (Å²) in [5, 5.41) is 0. The van der Waals surface area contributed by atoms with E-state index >= 15 is 0 Å². The Balaban J connectivity index is 1.84. The third kappa shape index (κ3) is 7.87. The van der Waals surface area contributed by atoms with E-state index in [0.717, 1.165) is 36.5 Å². The lowest BCUT2D eigenvalue weighted by molar-refractivity contribution is 0.282. The first-order valence-corrected chi connectivity index (χ1v) is 10.9. The average Bonchev–Trinajstić information content (AvgIpc) is 2.74. The van der Waals surface area contributed by atoms with Crippen LogP contribution in [0.5, 0.6) is 11.5 Å². The van der Waals surface area contributed by atoms with E-state index in [9.17, 15) is 0 Å². The van der Waals surface area contributed by atoms with E-state index in [0.29, 0.717) is 18.3 Å². The number of nitrogens with zero attached hydrogens (tertiary/aromatic N) is 2. The molecular formula is C24H36N2O2. The zero-order valence-corrected chi connectivity index (χ0v) is 17.8. The lowest BCUT2D eigenvalue weighted by Crippen LogP contribution is -2.04. The fraction of sp³-hybridized carbons (Fsp3) is 0.583. The first-order valence-electron chi connectivity index (χ1n) is 10.9. The molecule has 4 heteroatoms. The third-order valence-electron chi connectivity index (χ3n) is 5.09. The van der Waals surface area contributed by atoms with Crippen LogP contribution in [0.25, 0.3) is 11.4 Å². The molecule has 4 nitrogen and oxygen atoms in total. The predicted octanol–water partition coefficient (Wildman–Crippen LogP) is 6.70. The molecule has 1 atom stereocenters. The lowest BCUT2D eigenvalue weighted by Gasteiger charge is -2.13. The summed E-state index contributed by atoms with van der Waals surface area (Å²) in [6.07, 6.45) is 13.3. The molecule has 0 aliphatic heterocycles. The number of aromatic nitrogens is 2. The Labute approximate surface area is 170 Å². The number of hydrogen-bond acceptors (Lipinski definition) is 4. The summed E-state index contributed by atoms with van der Waals surface area (Å²) in [5.74, 6) is 2.91. The molecule has 0 spiro atoms. The highest BCUT2D eigenvalue weighted by Gasteiger charge is 2.09. The van der Waals surface area contributed by atoms with Gasteiger partial charge in [-0.05, 0) is 30.9 Å². The van der Waals surface area contributed by atoms with Crippen LogP contribution in [-0.2, 0) is 0 Å². The van der Waals surface area contributed by atoms with Crippen LogP contribution in [0.4, 0.5) is 0 Å². The highest BCUT2D eigenvalue weighted by molar-refractivity contribution is 5.63. The van der Waals surface area contributed by atoms with Crippen molar-refractivity contribution in [3.63, 3.8) is 0 Å². The van der Waals surface area contributed by atoms with Crippen LogP contribution >= 0.6 is 0 Å². The topological polar surface area (TPSA) is 44.2 Å². The van der Waals surface area contributed by atoms with Crippen LogP contribution in [0, 0.1) is 5.92 Å². The van der Waals surface area contributed by atoms with Crippen molar-refractivity contribution in [2.45, 2.75) is 72.1 Å². The van der Waals surface area contributed by atoms with Gasteiger partial charge in [0.05, 0.1) is 31.2 Å². The second-order valence-corrected chi connectivity index (χ2v) is 7.51. The van der Waals surface area contributed by atoms with Crippen molar-refractivity contribution in [1.82, 2.24) is 9.97 Å². The summed E-state index contributed by atoms with van der Waals surface area (Å²) < 4.78 is 11.8. The van der Waals surface area contributed by atoms with Gasteiger partial charge < -0.3 is 9.47 Å². The minimum atomic E-state index is 0.672. The van der Waals surface area contributed by atoms with E-state index in [-0.39, 0.29) is 0 Å². The Morgan fingerprint density at radius 2 is 1.57 bits per heavy atom. The summed E-state index contributed by atoms with van der Waals surface area (Å²) in [6, 6.07) is 7.96. The van der Waals surface area contributed by atoms with Gasteiger partial charge in [-0.2, -0.15) is 0 Å². The summed E-state index contributed by atoms with van der Waals surface area (Å²) in [6.45, 7) is 8.14. The van der Waals surface area contributed by atoms with Crippen LogP contribution in [0.2, 0.25) is 0 Å². The summed E-state index contributed by atoms with van der Waals surface area (Å²) in [7, 11) is 0. The molecule has 2 aromatic rings. The third-order valence-corrected chi connectivity index (χ3v) is 5.09. The van der Waals surface area contributed by atoms with E-state index in [1.807, 2.05) is 24.3 Å². The number of ether oxygens (including phenoxy) is 2. The zero-order chi connectivity index (χ0) is 20.0. The van der Waals surface area contributed by atoms with Crippen LogP contribution < -0.4 is 9.47 Å². The molecule has 0 fully saturated rings. The Kier molecular flexibility index (Phi) is 10.4. The van der Waals surface area contributed by atoms with E-state index in [1.54, 1.807) is 12.4 Å². The zero-order valence-electron chi connectivity index (χ0n) is 17.8. The van der Waals surface area contributed by atoms with Gasteiger partial charge in [0.15, 0.2) is 11.6 Å². The minimum Gasteiger partial charge on any atom is -0.493 e. The molecule has 0 saturated carbocycles. The summed E-state index contributed by atoms with van der Waals surface area (Å²) in [5.41, 5.74) is 0.925. The summed E-state index contributed by atoms with van der Waals surface area (Å²) in [4.78, 5) is 8.98. The van der Waals surface area contributed by atoms with Crippen LogP contribution in [-0.4, -0.2) is 23.2 Å². The average molecular weight is 385 g/mol. The second-order valence-electron chi connectivity index (χ2n) is 7.51.